The minimum Gasteiger partial charge on any atom is -0.493 e. The van der Waals surface area contributed by atoms with Crippen LogP contribution in [0.4, 0.5) is 0 Å². The predicted octanol–water partition coefficient (Wildman–Crippen LogP) is 1.00. The van der Waals surface area contributed by atoms with Gasteiger partial charge in [0.1, 0.15) is 5.75 Å². The Kier molecular flexibility index (Phi) is 3.54. The molecule has 1 aromatic carbocycles. The number of ether oxygens (including phenoxy) is 2. The second-order valence-electron chi connectivity index (χ2n) is 4.32. The normalized spacial score (nSPS) is 26.2. The lowest BCUT2D eigenvalue weighted by Crippen LogP contribution is -2.49. The maximum Gasteiger partial charge on any atom is 0.341 e. The van der Waals surface area contributed by atoms with Crippen LogP contribution in [0.5, 0.6) is 5.75 Å². The molecule has 0 bridgehead atoms. The first-order chi connectivity index (χ1) is 8.63. The van der Waals surface area contributed by atoms with Crippen molar-refractivity contribution in [2.75, 3.05) is 19.8 Å². The quantitative estimate of drug-likeness (QED) is 0.836. The lowest BCUT2D eigenvalue weighted by Gasteiger charge is -2.39. The van der Waals surface area contributed by atoms with Gasteiger partial charge < -0.3 is 19.7 Å². The van der Waals surface area contributed by atoms with Gasteiger partial charge in [0.2, 0.25) is 0 Å². The zero-order valence-electron chi connectivity index (χ0n) is 10.1. The number of para-hydroxylation sites is 1. The van der Waals surface area contributed by atoms with E-state index >= 15 is 0 Å². The van der Waals surface area contributed by atoms with Crippen molar-refractivity contribution in [3.8, 4) is 5.75 Å². The summed E-state index contributed by atoms with van der Waals surface area (Å²) in [5, 5.41) is 18.4. The molecule has 0 saturated heterocycles. The molecule has 2 rings (SSSR count). The van der Waals surface area contributed by atoms with Crippen LogP contribution in [0.1, 0.15) is 12.5 Å². The Morgan fingerprint density at radius 1 is 1.56 bits per heavy atom. The summed E-state index contributed by atoms with van der Waals surface area (Å²) in [4.78, 5) is 11.7. The summed E-state index contributed by atoms with van der Waals surface area (Å²) in [6, 6.07) is 6.95. The number of benzene rings is 1. The van der Waals surface area contributed by atoms with Crippen LogP contribution in [0.25, 0.3) is 0 Å². The van der Waals surface area contributed by atoms with Gasteiger partial charge in [-0.1, -0.05) is 25.1 Å². The van der Waals surface area contributed by atoms with Crippen LogP contribution in [0.2, 0.25) is 0 Å². The van der Waals surface area contributed by atoms with Gasteiger partial charge in [0.05, 0.1) is 19.8 Å². The number of rotatable bonds is 4. The monoisotopic (exact) mass is 252 g/mol. The number of hydrogen-bond donors (Lipinski definition) is 2. The van der Waals surface area contributed by atoms with E-state index in [0.29, 0.717) is 11.3 Å². The Bertz CT molecular complexity index is 445. The maximum atomic E-state index is 11.7. The minimum absolute atomic E-state index is 0.0228. The summed E-state index contributed by atoms with van der Waals surface area (Å²) in [6.45, 7) is 1.80. The average molecular weight is 252 g/mol. The molecule has 0 saturated carbocycles. The highest BCUT2D eigenvalue weighted by Gasteiger charge is 2.51. The third-order valence-electron chi connectivity index (χ3n) is 3.21. The maximum absolute atomic E-state index is 11.7. The van der Waals surface area contributed by atoms with Crippen molar-refractivity contribution in [1.29, 1.82) is 0 Å². The highest BCUT2D eigenvalue weighted by atomic mass is 16.5. The lowest BCUT2D eigenvalue weighted by atomic mass is 9.80. The molecule has 1 aliphatic heterocycles. The summed E-state index contributed by atoms with van der Waals surface area (Å²) in [7, 11) is 0. The number of carboxylic acids is 1. The third kappa shape index (κ3) is 1.85. The molecule has 1 aromatic rings. The molecule has 0 aromatic heterocycles. The van der Waals surface area contributed by atoms with E-state index in [0.717, 1.165) is 0 Å². The molecule has 0 fully saturated rings. The van der Waals surface area contributed by atoms with Crippen molar-refractivity contribution < 1.29 is 24.5 Å². The molecule has 0 radical (unpaired) electrons. The van der Waals surface area contributed by atoms with Crippen LogP contribution < -0.4 is 4.74 Å². The van der Waals surface area contributed by atoms with Gasteiger partial charge in [-0.25, -0.2) is 4.79 Å². The molecule has 1 heterocycles. The van der Waals surface area contributed by atoms with Gasteiger partial charge in [-0.05, 0) is 6.07 Å². The van der Waals surface area contributed by atoms with Gasteiger partial charge in [-0.2, -0.15) is 0 Å². The number of hydrogen-bond acceptors (Lipinski definition) is 4. The van der Waals surface area contributed by atoms with E-state index in [2.05, 4.69) is 0 Å². The lowest BCUT2D eigenvalue weighted by molar-refractivity contribution is -0.183. The molecular formula is C13H16O5. The highest BCUT2D eigenvalue weighted by Crippen LogP contribution is 2.43. The van der Waals surface area contributed by atoms with E-state index < -0.39 is 11.6 Å². The smallest absolute Gasteiger partial charge is 0.341 e. The highest BCUT2D eigenvalue weighted by molar-refractivity contribution is 5.81. The van der Waals surface area contributed by atoms with Crippen molar-refractivity contribution in [3.05, 3.63) is 29.8 Å². The molecule has 1 aliphatic rings. The van der Waals surface area contributed by atoms with Crippen LogP contribution in [0.3, 0.4) is 0 Å². The number of carboxylic acid groups (broad SMARTS) is 1. The fourth-order valence-corrected chi connectivity index (χ4v) is 2.31. The molecule has 2 N–H and O–H groups in total. The van der Waals surface area contributed by atoms with Crippen molar-refractivity contribution in [1.82, 2.24) is 0 Å². The summed E-state index contributed by atoms with van der Waals surface area (Å²) in [6.07, 6.45) is 0. The Morgan fingerprint density at radius 2 is 2.28 bits per heavy atom. The summed E-state index contributed by atoms with van der Waals surface area (Å²) in [5.74, 6) is -0.869. The average Bonchev–Trinajstić information content (AvgIpc) is 2.37. The van der Waals surface area contributed by atoms with Gasteiger partial charge in [-0.15, -0.1) is 0 Å². The van der Waals surface area contributed by atoms with E-state index in [1.807, 2.05) is 0 Å². The molecule has 5 nitrogen and oxygen atoms in total. The second-order valence-corrected chi connectivity index (χ2v) is 4.32. The predicted molar refractivity (Wildman–Crippen MR) is 63.5 cm³/mol. The summed E-state index contributed by atoms with van der Waals surface area (Å²) >= 11 is 0. The molecule has 2 atom stereocenters. The first-order valence-corrected chi connectivity index (χ1v) is 5.83. The number of carbonyl (C=O) groups is 1. The first kappa shape index (κ1) is 12.9. The number of fused-ring (bicyclic) bond motifs is 1. The van der Waals surface area contributed by atoms with Gasteiger partial charge in [0.25, 0.3) is 0 Å². The van der Waals surface area contributed by atoms with Crippen LogP contribution in [0, 0.1) is 5.92 Å². The number of aliphatic hydroxyl groups excluding tert-OH is 1. The third-order valence-corrected chi connectivity index (χ3v) is 3.21. The molecule has 5 heteroatoms. The van der Waals surface area contributed by atoms with E-state index in [9.17, 15) is 9.90 Å². The standard InChI is InChI=1S/C13H16O5/c1-9-8-17-11-5-3-2-4-10(11)13(9,12(15)16)18-7-6-14/h2-5,9,14H,6-8H2,1H3,(H,15,16). The van der Waals surface area contributed by atoms with E-state index in [4.69, 9.17) is 14.6 Å². The second kappa shape index (κ2) is 4.96. The molecule has 0 amide bonds. The molecule has 0 aliphatic carbocycles. The summed E-state index contributed by atoms with van der Waals surface area (Å²) in [5.41, 5.74) is -0.942. The Balaban J connectivity index is 2.52. The Morgan fingerprint density at radius 3 is 2.94 bits per heavy atom. The van der Waals surface area contributed by atoms with Crippen LogP contribution in [0.15, 0.2) is 24.3 Å². The number of aliphatic hydroxyl groups is 1. The topological polar surface area (TPSA) is 76.0 Å². The molecular weight excluding hydrogens is 236 g/mol. The van der Waals surface area contributed by atoms with Crippen LogP contribution >= 0.6 is 0 Å². The van der Waals surface area contributed by atoms with E-state index in [1.54, 1.807) is 31.2 Å². The SMILES string of the molecule is CC1COc2ccccc2C1(OCCO)C(=O)O. The fourth-order valence-electron chi connectivity index (χ4n) is 2.31. The van der Waals surface area contributed by atoms with Gasteiger partial charge in [0, 0.05) is 11.5 Å². The van der Waals surface area contributed by atoms with Gasteiger partial charge in [-0.3, -0.25) is 0 Å². The van der Waals surface area contributed by atoms with Crippen molar-refractivity contribution in [2.24, 2.45) is 5.92 Å². The zero-order valence-corrected chi connectivity index (χ0v) is 10.1. The first-order valence-electron chi connectivity index (χ1n) is 5.83. The summed E-state index contributed by atoms with van der Waals surface area (Å²) < 4.78 is 11.0. The Labute approximate surface area is 105 Å². The molecule has 18 heavy (non-hydrogen) atoms. The Hall–Kier alpha value is -1.59. The molecule has 2 unspecified atom stereocenters. The van der Waals surface area contributed by atoms with Crippen molar-refractivity contribution >= 4 is 5.97 Å². The van der Waals surface area contributed by atoms with Crippen molar-refractivity contribution in [3.63, 3.8) is 0 Å². The van der Waals surface area contributed by atoms with Gasteiger partial charge >= 0.3 is 5.97 Å². The van der Waals surface area contributed by atoms with Crippen molar-refractivity contribution in [2.45, 2.75) is 12.5 Å². The largest absolute Gasteiger partial charge is 0.493 e. The van der Waals surface area contributed by atoms with Gasteiger partial charge in [0.15, 0.2) is 5.60 Å². The fraction of sp³-hybridized carbons (Fsp3) is 0.462. The van der Waals surface area contributed by atoms with Crippen LogP contribution in [-0.2, 0) is 15.1 Å². The van der Waals surface area contributed by atoms with Crippen LogP contribution in [-0.4, -0.2) is 36.0 Å². The van der Waals surface area contributed by atoms with E-state index in [1.165, 1.54) is 0 Å². The number of aliphatic carboxylic acids is 1. The zero-order chi connectivity index (χ0) is 13.2. The molecule has 0 spiro atoms. The molecule has 98 valence electrons. The minimum atomic E-state index is -1.45. The van der Waals surface area contributed by atoms with E-state index in [-0.39, 0.29) is 25.7 Å².